The maximum Gasteiger partial charge on any atom is 0.275 e. The average molecular weight is 607 g/mol. The van der Waals surface area contributed by atoms with Crippen LogP contribution in [-0.4, -0.2) is 53.6 Å². The number of aryl methyl sites for hydroxylation is 1. The number of carbonyl (C=O) groups excluding carboxylic acids is 2. The minimum Gasteiger partial charge on any atom is -0.492 e. The Bertz CT molecular complexity index is 1780. The largest absolute Gasteiger partial charge is 0.492 e. The molecule has 2 aromatic heterocycles. The number of nitrogens with two attached hydrogens (primary N) is 1. The number of pyridine rings is 1. The number of sulfonamides is 1. The summed E-state index contributed by atoms with van der Waals surface area (Å²) in [6.07, 6.45) is 4.31. The van der Waals surface area contributed by atoms with E-state index in [0.717, 1.165) is 22.9 Å². The van der Waals surface area contributed by atoms with Gasteiger partial charge < -0.3 is 21.1 Å². The van der Waals surface area contributed by atoms with Crippen LogP contribution in [-0.2, 0) is 22.0 Å². The third-order valence-electron chi connectivity index (χ3n) is 6.50. The van der Waals surface area contributed by atoms with Gasteiger partial charge in [0.1, 0.15) is 0 Å². The summed E-state index contributed by atoms with van der Waals surface area (Å²) in [4.78, 5) is 30.3. The lowest BCUT2D eigenvalue weighted by Crippen LogP contribution is -2.24. The third kappa shape index (κ3) is 7.27. The molecule has 0 aliphatic rings. The SMILES string of the molecule is COc1c(NC(=O)c2ccc(C)c(-n3nnc(C(=O)NCc4cccnc4)c3N)c2)cc(C(C)(C)C)cc1NS(C)(=O)=O. The number of anilines is 3. The Kier molecular flexibility index (Phi) is 8.71. The van der Waals surface area contributed by atoms with E-state index in [-0.39, 0.29) is 46.2 Å². The number of nitrogens with zero attached hydrogens (tertiary/aromatic N) is 4. The van der Waals surface area contributed by atoms with Crippen LogP contribution in [0.1, 0.15) is 58.3 Å². The number of nitrogens with one attached hydrogen (secondary N) is 3. The number of rotatable bonds is 9. The minimum atomic E-state index is -3.64. The number of ether oxygens (including phenoxy) is 1. The molecule has 13 nitrogen and oxygen atoms in total. The Labute approximate surface area is 249 Å². The first kappa shape index (κ1) is 31.0. The fourth-order valence-corrected chi connectivity index (χ4v) is 4.77. The number of aromatic nitrogens is 4. The van der Waals surface area contributed by atoms with Gasteiger partial charge in [0.15, 0.2) is 17.3 Å². The number of hydrogen-bond acceptors (Lipinski definition) is 9. The number of nitrogen functional groups attached to an aromatic ring is 1. The molecule has 0 fully saturated rings. The summed E-state index contributed by atoms with van der Waals surface area (Å²) in [6, 6.07) is 11.9. The molecule has 14 heteroatoms. The van der Waals surface area contributed by atoms with Crippen molar-refractivity contribution in [2.75, 3.05) is 29.1 Å². The molecule has 0 aliphatic carbocycles. The van der Waals surface area contributed by atoms with Crippen molar-refractivity contribution >= 4 is 39.0 Å². The normalized spacial score (nSPS) is 11.6. The second kappa shape index (κ2) is 12.1. The Morgan fingerprint density at radius 3 is 2.42 bits per heavy atom. The van der Waals surface area contributed by atoms with Crippen LogP contribution < -0.4 is 25.8 Å². The van der Waals surface area contributed by atoms with Gasteiger partial charge >= 0.3 is 0 Å². The molecule has 0 atom stereocenters. The molecule has 4 aromatic rings. The van der Waals surface area contributed by atoms with E-state index in [4.69, 9.17) is 10.5 Å². The summed E-state index contributed by atoms with van der Waals surface area (Å²) in [5.74, 6) is -0.852. The maximum absolute atomic E-state index is 13.5. The fraction of sp³-hybridized carbons (Fsp3) is 0.276. The minimum absolute atomic E-state index is 0.000355. The van der Waals surface area contributed by atoms with Crippen molar-refractivity contribution < 1.29 is 22.7 Å². The second-order valence-corrected chi connectivity index (χ2v) is 12.7. The molecular weight excluding hydrogens is 572 g/mol. The van der Waals surface area contributed by atoms with Crippen molar-refractivity contribution in [1.82, 2.24) is 25.3 Å². The Morgan fingerprint density at radius 2 is 1.79 bits per heavy atom. The van der Waals surface area contributed by atoms with E-state index < -0.39 is 21.8 Å². The van der Waals surface area contributed by atoms with Gasteiger partial charge in [0.05, 0.1) is 30.4 Å². The van der Waals surface area contributed by atoms with Crippen LogP contribution in [0.25, 0.3) is 5.69 Å². The molecule has 2 aromatic carbocycles. The molecule has 5 N–H and O–H groups in total. The molecule has 43 heavy (non-hydrogen) atoms. The lowest BCUT2D eigenvalue weighted by molar-refractivity contribution is 0.0946. The molecule has 0 radical (unpaired) electrons. The monoisotopic (exact) mass is 606 g/mol. The summed E-state index contributed by atoms with van der Waals surface area (Å²) < 4.78 is 33.4. The van der Waals surface area contributed by atoms with E-state index in [1.54, 1.807) is 55.7 Å². The van der Waals surface area contributed by atoms with Crippen molar-refractivity contribution in [3.05, 3.63) is 82.8 Å². The van der Waals surface area contributed by atoms with Gasteiger partial charge in [-0.05, 0) is 59.4 Å². The van der Waals surface area contributed by atoms with Crippen molar-refractivity contribution in [3.8, 4) is 11.4 Å². The molecule has 0 spiro atoms. The van der Waals surface area contributed by atoms with Gasteiger partial charge in [0.25, 0.3) is 11.8 Å². The summed E-state index contributed by atoms with van der Waals surface area (Å²) in [5.41, 5.74) is 9.31. The standard InChI is InChI=1S/C29H34N8O5S/c1-17-9-10-19(12-23(17)37-26(30)24(34-36-37)28(39)32-16-18-8-7-11-31-15-18)27(38)33-21-13-20(29(2,3)4)14-22(25(21)42-5)35-43(6,40)41/h7-15,35H,16,30H2,1-6H3,(H,32,39)(H,33,38). The van der Waals surface area contributed by atoms with Gasteiger partial charge in [-0.15, -0.1) is 5.10 Å². The van der Waals surface area contributed by atoms with E-state index in [9.17, 15) is 18.0 Å². The summed E-state index contributed by atoms with van der Waals surface area (Å²) >= 11 is 0. The molecule has 2 amide bonds. The van der Waals surface area contributed by atoms with E-state index in [2.05, 4.69) is 30.7 Å². The summed E-state index contributed by atoms with van der Waals surface area (Å²) in [5, 5.41) is 13.6. The van der Waals surface area contributed by atoms with Crippen LogP contribution in [0.3, 0.4) is 0 Å². The Morgan fingerprint density at radius 1 is 1.07 bits per heavy atom. The van der Waals surface area contributed by atoms with Gasteiger partial charge in [-0.2, -0.15) is 4.68 Å². The molecule has 0 aliphatic heterocycles. The molecule has 0 bridgehead atoms. The summed E-state index contributed by atoms with van der Waals surface area (Å²) in [6.45, 7) is 7.93. The lowest BCUT2D eigenvalue weighted by Gasteiger charge is -2.24. The molecule has 4 rings (SSSR count). The van der Waals surface area contributed by atoms with Gasteiger partial charge in [-0.3, -0.25) is 19.3 Å². The molecule has 0 saturated heterocycles. The van der Waals surface area contributed by atoms with Crippen molar-refractivity contribution in [2.45, 2.75) is 39.7 Å². The first-order valence-electron chi connectivity index (χ1n) is 13.2. The van der Waals surface area contributed by atoms with Crippen LogP contribution in [0.4, 0.5) is 17.2 Å². The second-order valence-electron chi connectivity index (χ2n) is 11.0. The lowest BCUT2D eigenvalue weighted by atomic mass is 9.86. The van der Waals surface area contributed by atoms with Crippen LogP contribution in [0.15, 0.2) is 54.9 Å². The van der Waals surface area contributed by atoms with Crippen LogP contribution in [0.5, 0.6) is 5.75 Å². The Balaban J connectivity index is 1.64. The number of carbonyl (C=O) groups is 2. The number of methoxy groups -OCH3 is 1. The van der Waals surface area contributed by atoms with Gasteiger partial charge in [-0.25, -0.2) is 8.42 Å². The summed E-state index contributed by atoms with van der Waals surface area (Å²) in [7, 11) is -2.25. The van der Waals surface area contributed by atoms with Crippen LogP contribution in [0.2, 0.25) is 0 Å². The highest BCUT2D eigenvalue weighted by Gasteiger charge is 2.24. The molecule has 0 unspecified atom stereocenters. The van der Waals surface area contributed by atoms with E-state index in [1.807, 2.05) is 26.8 Å². The van der Waals surface area contributed by atoms with Gasteiger partial charge in [0.2, 0.25) is 10.0 Å². The molecule has 2 heterocycles. The van der Waals surface area contributed by atoms with E-state index in [1.165, 1.54) is 11.8 Å². The molecular formula is C29H34N8O5S. The topological polar surface area (TPSA) is 183 Å². The van der Waals surface area contributed by atoms with Crippen LogP contribution >= 0.6 is 0 Å². The molecule has 0 saturated carbocycles. The highest BCUT2D eigenvalue weighted by molar-refractivity contribution is 7.92. The predicted octanol–water partition coefficient (Wildman–Crippen LogP) is 3.41. The zero-order valence-corrected chi connectivity index (χ0v) is 25.5. The van der Waals surface area contributed by atoms with E-state index in [0.29, 0.717) is 5.69 Å². The zero-order chi connectivity index (χ0) is 31.5. The van der Waals surface area contributed by atoms with Crippen molar-refractivity contribution in [2.24, 2.45) is 0 Å². The van der Waals surface area contributed by atoms with E-state index >= 15 is 0 Å². The van der Waals surface area contributed by atoms with Crippen molar-refractivity contribution in [1.29, 1.82) is 0 Å². The maximum atomic E-state index is 13.5. The first-order chi connectivity index (χ1) is 20.2. The number of amides is 2. The quantitative estimate of drug-likeness (QED) is 0.222. The first-order valence-corrected chi connectivity index (χ1v) is 15.1. The average Bonchev–Trinajstić information content (AvgIpc) is 3.32. The Hall–Kier alpha value is -4.98. The smallest absolute Gasteiger partial charge is 0.275 e. The molecule has 226 valence electrons. The third-order valence-corrected chi connectivity index (χ3v) is 7.09. The predicted molar refractivity (Wildman–Crippen MR) is 164 cm³/mol. The zero-order valence-electron chi connectivity index (χ0n) is 24.7. The van der Waals surface area contributed by atoms with Crippen LogP contribution in [0, 0.1) is 6.92 Å². The number of benzene rings is 2. The van der Waals surface area contributed by atoms with Gasteiger partial charge in [-0.1, -0.05) is 38.1 Å². The van der Waals surface area contributed by atoms with Gasteiger partial charge in [0, 0.05) is 24.5 Å². The fourth-order valence-electron chi connectivity index (χ4n) is 4.22. The highest BCUT2D eigenvalue weighted by atomic mass is 32.2. The highest BCUT2D eigenvalue weighted by Crippen LogP contribution is 2.39. The van der Waals surface area contributed by atoms with Crippen molar-refractivity contribution in [3.63, 3.8) is 0 Å². The number of hydrogen-bond donors (Lipinski definition) is 4.